The molecule has 0 bridgehead atoms. The first-order valence-corrected chi connectivity index (χ1v) is 9.78. The minimum atomic E-state index is -1.45. The Labute approximate surface area is 180 Å². The maximum Gasteiger partial charge on any atom is 0.492 e. The van der Waals surface area contributed by atoms with Crippen molar-refractivity contribution in [3.8, 4) is 0 Å². The summed E-state index contributed by atoms with van der Waals surface area (Å²) in [4.78, 5) is 23.1. The smallest absolute Gasteiger partial charge is 0.478 e. The van der Waals surface area contributed by atoms with E-state index in [4.69, 9.17) is 19.2 Å². The number of benzene rings is 1. The summed E-state index contributed by atoms with van der Waals surface area (Å²) >= 11 is 0. The van der Waals surface area contributed by atoms with Crippen molar-refractivity contribution in [2.75, 3.05) is 6.54 Å². The van der Waals surface area contributed by atoms with Gasteiger partial charge in [0, 0.05) is 12.1 Å². The highest BCUT2D eigenvalue weighted by atomic mass is 19.1. The van der Waals surface area contributed by atoms with E-state index in [9.17, 15) is 18.4 Å². The van der Waals surface area contributed by atoms with E-state index in [1.807, 2.05) is 27.7 Å². The summed E-state index contributed by atoms with van der Waals surface area (Å²) in [5.41, 5.74) is -2.95. The number of amides is 1. The fourth-order valence-electron chi connectivity index (χ4n) is 2.72. The average Bonchev–Trinajstić information content (AvgIpc) is 2.79. The SMILES string of the molecule is CC(C)(C)OC(=O)NCC(=Cc1c(F)cc(C(=O)O)cc1F)B1OC(C)(C)C(C)(C)O1. The monoisotopic (exact) mass is 439 g/mol. The number of aromatic carboxylic acids is 1. The van der Waals surface area contributed by atoms with Crippen LogP contribution in [-0.2, 0) is 14.0 Å². The zero-order chi connectivity index (χ0) is 23.8. The highest BCUT2D eigenvalue weighted by Gasteiger charge is 2.52. The van der Waals surface area contributed by atoms with Gasteiger partial charge in [0.05, 0.1) is 16.8 Å². The van der Waals surface area contributed by atoms with E-state index in [1.165, 1.54) is 0 Å². The molecule has 1 aliphatic heterocycles. The third-order valence-electron chi connectivity index (χ3n) is 5.05. The first kappa shape index (κ1) is 24.8. The van der Waals surface area contributed by atoms with Crippen molar-refractivity contribution in [3.63, 3.8) is 0 Å². The number of halogens is 2. The van der Waals surface area contributed by atoms with Gasteiger partial charge in [-0.3, -0.25) is 0 Å². The number of hydrogen-bond acceptors (Lipinski definition) is 5. The van der Waals surface area contributed by atoms with Crippen LogP contribution in [0.1, 0.15) is 64.4 Å². The predicted molar refractivity (Wildman–Crippen MR) is 112 cm³/mol. The van der Waals surface area contributed by atoms with Crippen molar-refractivity contribution in [1.29, 1.82) is 0 Å². The standard InChI is InChI=1S/C21H28BF2NO6/c1-19(2,3)29-18(28)25-11-13(22-30-20(4,5)21(6,7)31-22)10-14-15(23)8-12(17(26)27)9-16(14)24/h8-10H,11H2,1-7H3,(H,25,28)(H,26,27). The number of nitrogens with one attached hydrogen (secondary N) is 1. The molecule has 2 rings (SSSR count). The van der Waals surface area contributed by atoms with Gasteiger partial charge in [-0.05, 0) is 66.1 Å². The van der Waals surface area contributed by atoms with Crippen LogP contribution in [0.15, 0.2) is 17.6 Å². The Morgan fingerprint density at radius 3 is 2.03 bits per heavy atom. The molecule has 1 heterocycles. The van der Waals surface area contributed by atoms with Gasteiger partial charge in [0.2, 0.25) is 0 Å². The van der Waals surface area contributed by atoms with Crippen LogP contribution in [0.4, 0.5) is 13.6 Å². The van der Waals surface area contributed by atoms with Crippen molar-refractivity contribution in [2.45, 2.75) is 65.3 Å². The van der Waals surface area contributed by atoms with Gasteiger partial charge in [0.1, 0.15) is 17.2 Å². The molecule has 2 N–H and O–H groups in total. The number of carbonyl (C=O) groups is 2. The molecule has 1 aromatic carbocycles. The Kier molecular flexibility index (Phi) is 6.87. The maximum atomic E-state index is 14.5. The molecule has 0 aromatic heterocycles. The van der Waals surface area contributed by atoms with E-state index in [0.717, 1.165) is 18.2 Å². The van der Waals surface area contributed by atoms with E-state index in [1.54, 1.807) is 20.8 Å². The molecule has 0 unspecified atom stereocenters. The quantitative estimate of drug-likeness (QED) is 0.668. The molecular formula is C21H28BF2NO6. The van der Waals surface area contributed by atoms with Crippen LogP contribution >= 0.6 is 0 Å². The summed E-state index contributed by atoms with van der Waals surface area (Å²) in [5, 5.41) is 11.5. The second kappa shape index (κ2) is 8.59. The summed E-state index contributed by atoms with van der Waals surface area (Å²) in [6.45, 7) is 12.2. The van der Waals surface area contributed by atoms with E-state index < -0.39 is 58.7 Å². The third-order valence-corrected chi connectivity index (χ3v) is 5.05. The molecule has 1 amide bonds. The fraction of sp³-hybridized carbons (Fsp3) is 0.524. The molecule has 1 aliphatic rings. The minimum absolute atomic E-state index is 0.175. The van der Waals surface area contributed by atoms with E-state index in [2.05, 4.69) is 5.32 Å². The molecule has 1 saturated heterocycles. The Morgan fingerprint density at radius 1 is 1.13 bits per heavy atom. The Hall–Kier alpha value is -2.46. The summed E-state index contributed by atoms with van der Waals surface area (Å²) in [5.74, 6) is -3.58. The van der Waals surface area contributed by atoms with Gasteiger partial charge in [0.15, 0.2) is 0 Å². The van der Waals surface area contributed by atoms with Gasteiger partial charge in [-0.2, -0.15) is 0 Å². The zero-order valence-corrected chi connectivity index (χ0v) is 18.8. The lowest BCUT2D eigenvalue weighted by molar-refractivity contribution is 0.00578. The van der Waals surface area contributed by atoms with Crippen molar-refractivity contribution in [1.82, 2.24) is 5.32 Å². The molecule has 0 spiro atoms. The molecule has 170 valence electrons. The van der Waals surface area contributed by atoms with Crippen LogP contribution in [0.5, 0.6) is 0 Å². The van der Waals surface area contributed by atoms with Gasteiger partial charge in [-0.1, -0.05) is 6.08 Å². The highest BCUT2D eigenvalue weighted by Crippen LogP contribution is 2.39. The Bertz CT molecular complexity index is 869. The van der Waals surface area contributed by atoms with Gasteiger partial charge in [-0.15, -0.1) is 0 Å². The van der Waals surface area contributed by atoms with Crippen molar-refractivity contribution >= 4 is 25.3 Å². The predicted octanol–water partition coefficient (Wildman–Crippen LogP) is 4.20. The van der Waals surface area contributed by atoms with Crippen molar-refractivity contribution in [3.05, 3.63) is 40.4 Å². The maximum absolute atomic E-state index is 14.5. The van der Waals surface area contributed by atoms with Crippen LogP contribution in [0.2, 0.25) is 0 Å². The summed E-state index contributed by atoms with van der Waals surface area (Å²) < 4.78 is 46.1. The van der Waals surface area contributed by atoms with Crippen LogP contribution in [-0.4, -0.2) is 47.6 Å². The summed E-state index contributed by atoms with van der Waals surface area (Å²) in [6, 6.07) is 1.45. The number of ether oxygens (including phenoxy) is 1. The van der Waals surface area contributed by atoms with Gasteiger partial charge in [-0.25, -0.2) is 18.4 Å². The molecule has 7 nitrogen and oxygen atoms in total. The lowest BCUT2D eigenvalue weighted by Gasteiger charge is -2.32. The first-order chi connectivity index (χ1) is 14.0. The number of carbonyl (C=O) groups excluding carboxylic acids is 1. The second-order valence-electron chi connectivity index (χ2n) is 9.32. The second-order valence-corrected chi connectivity index (χ2v) is 9.32. The average molecular weight is 439 g/mol. The van der Waals surface area contributed by atoms with Crippen molar-refractivity contribution < 1.29 is 37.5 Å². The summed E-state index contributed by atoms with van der Waals surface area (Å²) in [7, 11) is -1.00. The van der Waals surface area contributed by atoms with Crippen molar-refractivity contribution in [2.24, 2.45) is 0 Å². The van der Waals surface area contributed by atoms with Crippen LogP contribution in [0.25, 0.3) is 6.08 Å². The van der Waals surface area contributed by atoms with E-state index >= 15 is 0 Å². The van der Waals surface area contributed by atoms with Gasteiger partial charge in [0.25, 0.3) is 0 Å². The molecule has 0 radical (unpaired) electrons. The number of rotatable bonds is 5. The molecule has 10 heteroatoms. The number of carboxylic acids is 1. The Balaban J connectivity index is 2.41. The molecule has 1 fully saturated rings. The lowest BCUT2D eigenvalue weighted by Crippen LogP contribution is -2.41. The number of carboxylic acid groups (broad SMARTS) is 1. The topological polar surface area (TPSA) is 94.1 Å². The third kappa shape index (κ3) is 6.04. The summed E-state index contributed by atoms with van der Waals surface area (Å²) in [6.07, 6.45) is 0.424. The number of alkyl carbamates (subject to hydrolysis) is 1. The number of hydrogen-bond donors (Lipinski definition) is 2. The van der Waals surface area contributed by atoms with Crippen LogP contribution in [0.3, 0.4) is 0 Å². The molecule has 31 heavy (non-hydrogen) atoms. The molecule has 0 saturated carbocycles. The largest absolute Gasteiger partial charge is 0.492 e. The van der Waals surface area contributed by atoms with E-state index in [-0.39, 0.29) is 12.0 Å². The zero-order valence-electron chi connectivity index (χ0n) is 18.8. The molecule has 0 aliphatic carbocycles. The first-order valence-electron chi connectivity index (χ1n) is 9.78. The van der Waals surface area contributed by atoms with Crippen LogP contribution in [0, 0.1) is 11.6 Å². The molecule has 0 atom stereocenters. The molecular weight excluding hydrogens is 411 g/mol. The van der Waals surface area contributed by atoms with Gasteiger partial charge >= 0.3 is 19.2 Å². The normalized spacial score (nSPS) is 18.1. The highest BCUT2D eigenvalue weighted by molar-refractivity contribution is 6.56. The van der Waals surface area contributed by atoms with Crippen LogP contribution < -0.4 is 5.32 Å². The molecule has 1 aromatic rings. The Morgan fingerprint density at radius 2 is 1.61 bits per heavy atom. The van der Waals surface area contributed by atoms with E-state index in [0.29, 0.717) is 0 Å². The van der Waals surface area contributed by atoms with Gasteiger partial charge < -0.3 is 24.5 Å². The lowest BCUT2D eigenvalue weighted by atomic mass is 9.77. The fourth-order valence-corrected chi connectivity index (χ4v) is 2.72. The minimum Gasteiger partial charge on any atom is -0.478 e.